The molecule has 3 nitrogen and oxygen atoms in total. The summed E-state index contributed by atoms with van der Waals surface area (Å²) in [5.74, 6) is 0. The van der Waals surface area contributed by atoms with E-state index >= 15 is 0 Å². The van der Waals surface area contributed by atoms with E-state index in [0.717, 1.165) is 26.2 Å². The van der Waals surface area contributed by atoms with Crippen molar-refractivity contribution in [3.63, 3.8) is 0 Å². The molecule has 0 aliphatic carbocycles. The Labute approximate surface area is 95.9 Å². The van der Waals surface area contributed by atoms with Crippen LogP contribution in [0.3, 0.4) is 0 Å². The maximum absolute atomic E-state index is 5.27. The minimum Gasteiger partial charge on any atom is -0.382 e. The quantitative estimate of drug-likeness (QED) is 0.728. The highest BCUT2D eigenvalue weighted by molar-refractivity contribution is 7.11. The van der Waals surface area contributed by atoms with Crippen LogP contribution in [0.4, 0.5) is 0 Å². The number of hydrogen-bond donors (Lipinski definition) is 1. The summed E-state index contributed by atoms with van der Waals surface area (Å²) in [5, 5.41) is 4.61. The summed E-state index contributed by atoms with van der Waals surface area (Å²) in [6.07, 6.45) is 2.99. The van der Waals surface area contributed by atoms with Crippen LogP contribution in [0.5, 0.6) is 0 Å². The Balaban J connectivity index is 2.16. The van der Waals surface area contributed by atoms with Gasteiger partial charge in [0.2, 0.25) is 0 Å². The summed E-state index contributed by atoms with van der Waals surface area (Å²) in [6.45, 7) is 8.89. The van der Waals surface area contributed by atoms with Crippen LogP contribution >= 0.6 is 11.3 Å². The fourth-order valence-electron chi connectivity index (χ4n) is 1.30. The van der Waals surface area contributed by atoms with Crippen molar-refractivity contribution in [2.75, 3.05) is 19.8 Å². The lowest BCUT2D eigenvalue weighted by Crippen LogP contribution is -2.20. The molecule has 86 valence electrons. The first-order chi connectivity index (χ1) is 7.24. The van der Waals surface area contributed by atoms with Gasteiger partial charge in [0.1, 0.15) is 5.01 Å². The monoisotopic (exact) mass is 228 g/mol. The van der Waals surface area contributed by atoms with Gasteiger partial charge in [0.15, 0.2) is 0 Å². The summed E-state index contributed by atoms with van der Waals surface area (Å²) in [7, 11) is 0. The van der Waals surface area contributed by atoms with Crippen LogP contribution in [-0.2, 0) is 4.74 Å². The van der Waals surface area contributed by atoms with Crippen molar-refractivity contribution in [2.45, 2.75) is 33.2 Å². The molecule has 0 aromatic carbocycles. The van der Waals surface area contributed by atoms with Crippen LogP contribution in [0.15, 0.2) is 6.20 Å². The smallest absolute Gasteiger partial charge is 0.109 e. The van der Waals surface area contributed by atoms with Crippen LogP contribution in [-0.4, -0.2) is 24.7 Å². The molecule has 1 unspecified atom stereocenters. The molecule has 0 fully saturated rings. The van der Waals surface area contributed by atoms with Gasteiger partial charge in [0.05, 0.1) is 6.04 Å². The number of ether oxygens (including phenoxy) is 1. The predicted octanol–water partition coefficient (Wildman–Crippen LogP) is 2.53. The Hall–Kier alpha value is -0.450. The van der Waals surface area contributed by atoms with Crippen LogP contribution in [0.1, 0.15) is 36.2 Å². The Morgan fingerprint density at radius 3 is 3.00 bits per heavy atom. The zero-order valence-electron chi connectivity index (χ0n) is 9.75. The largest absolute Gasteiger partial charge is 0.382 e. The molecule has 1 heterocycles. The highest BCUT2D eigenvalue weighted by Crippen LogP contribution is 2.18. The molecule has 0 saturated carbocycles. The summed E-state index contributed by atoms with van der Waals surface area (Å²) in [5.41, 5.74) is 0. The van der Waals surface area contributed by atoms with Gasteiger partial charge in [-0.05, 0) is 33.7 Å². The fraction of sp³-hybridized carbons (Fsp3) is 0.727. The standard InChI is InChI=1S/C11H20N2OS/c1-4-14-7-5-6-12-10(3)11-13-8-9(2)15-11/h8,10,12H,4-7H2,1-3H3. The minimum atomic E-state index is 0.352. The molecule has 0 amide bonds. The second kappa shape index (κ2) is 6.93. The fourth-order valence-corrected chi connectivity index (χ4v) is 2.10. The number of nitrogens with one attached hydrogen (secondary N) is 1. The van der Waals surface area contributed by atoms with Gasteiger partial charge in [-0.1, -0.05) is 0 Å². The van der Waals surface area contributed by atoms with Gasteiger partial charge in [-0.2, -0.15) is 0 Å². The molecule has 0 radical (unpaired) electrons. The van der Waals surface area contributed by atoms with Gasteiger partial charge < -0.3 is 10.1 Å². The maximum Gasteiger partial charge on any atom is 0.109 e. The van der Waals surface area contributed by atoms with Crippen molar-refractivity contribution in [1.29, 1.82) is 0 Å². The van der Waals surface area contributed by atoms with Crippen LogP contribution < -0.4 is 5.32 Å². The first kappa shape index (κ1) is 12.6. The molecule has 1 aromatic rings. The van der Waals surface area contributed by atoms with E-state index < -0.39 is 0 Å². The molecule has 0 spiro atoms. The van der Waals surface area contributed by atoms with Gasteiger partial charge in [0, 0.05) is 24.3 Å². The van der Waals surface area contributed by atoms with E-state index in [1.54, 1.807) is 11.3 Å². The summed E-state index contributed by atoms with van der Waals surface area (Å²) in [6, 6.07) is 0.352. The van der Waals surface area contributed by atoms with E-state index in [9.17, 15) is 0 Å². The van der Waals surface area contributed by atoms with E-state index in [-0.39, 0.29) is 0 Å². The van der Waals surface area contributed by atoms with Crippen molar-refractivity contribution in [1.82, 2.24) is 10.3 Å². The van der Waals surface area contributed by atoms with Crippen molar-refractivity contribution in [3.05, 3.63) is 16.1 Å². The zero-order chi connectivity index (χ0) is 11.1. The third-order valence-corrected chi connectivity index (χ3v) is 3.23. The minimum absolute atomic E-state index is 0.352. The molecule has 0 aliphatic heterocycles. The lowest BCUT2D eigenvalue weighted by molar-refractivity contribution is 0.144. The highest BCUT2D eigenvalue weighted by Gasteiger charge is 2.07. The van der Waals surface area contributed by atoms with Crippen LogP contribution in [0.2, 0.25) is 0 Å². The molecule has 0 aliphatic rings. The molecule has 1 N–H and O–H groups in total. The molecular formula is C11H20N2OS. The maximum atomic E-state index is 5.27. The van der Waals surface area contributed by atoms with E-state index in [1.807, 2.05) is 13.1 Å². The third-order valence-electron chi connectivity index (χ3n) is 2.13. The second-order valence-electron chi connectivity index (χ2n) is 3.54. The lowest BCUT2D eigenvalue weighted by atomic mass is 10.3. The number of aryl methyl sites for hydroxylation is 1. The molecule has 0 saturated heterocycles. The highest BCUT2D eigenvalue weighted by atomic mass is 32.1. The van der Waals surface area contributed by atoms with Gasteiger partial charge in [-0.15, -0.1) is 11.3 Å². The molecule has 1 atom stereocenters. The summed E-state index contributed by atoms with van der Waals surface area (Å²) < 4.78 is 5.27. The van der Waals surface area contributed by atoms with E-state index in [0.29, 0.717) is 6.04 Å². The zero-order valence-corrected chi connectivity index (χ0v) is 10.6. The Morgan fingerprint density at radius 2 is 2.40 bits per heavy atom. The SMILES string of the molecule is CCOCCCNC(C)c1ncc(C)s1. The van der Waals surface area contributed by atoms with Crippen molar-refractivity contribution in [2.24, 2.45) is 0 Å². The van der Waals surface area contributed by atoms with Gasteiger partial charge in [-0.3, -0.25) is 0 Å². The van der Waals surface area contributed by atoms with Crippen LogP contribution in [0.25, 0.3) is 0 Å². The molecule has 1 rings (SSSR count). The average molecular weight is 228 g/mol. The molecule has 15 heavy (non-hydrogen) atoms. The van der Waals surface area contributed by atoms with E-state index in [1.165, 1.54) is 9.88 Å². The number of nitrogens with zero attached hydrogens (tertiary/aromatic N) is 1. The van der Waals surface area contributed by atoms with Crippen molar-refractivity contribution < 1.29 is 4.74 Å². The molecule has 0 bridgehead atoms. The van der Waals surface area contributed by atoms with E-state index in [4.69, 9.17) is 4.74 Å². The molecular weight excluding hydrogens is 208 g/mol. The lowest BCUT2D eigenvalue weighted by Gasteiger charge is -2.10. The summed E-state index contributed by atoms with van der Waals surface area (Å²) in [4.78, 5) is 5.63. The van der Waals surface area contributed by atoms with Crippen molar-refractivity contribution >= 4 is 11.3 Å². The normalized spacial score (nSPS) is 13.0. The Kier molecular flexibility index (Phi) is 5.83. The Bertz CT molecular complexity index is 275. The molecule has 4 heteroatoms. The first-order valence-electron chi connectivity index (χ1n) is 5.47. The van der Waals surface area contributed by atoms with Gasteiger partial charge in [-0.25, -0.2) is 4.98 Å². The second-order valence-corrected chi connectivity index (χ2v) is 4.80. The van der Waals surface area contributed by atoms with Crippen molar-refractivity contribution in [3.8, 4) is 0 Å². The number of rotatable bonds is 7. The van der Waals surface area contributed by atoms with Gasteiger partial charge >= 0.3 is 0 Å². The average Bonchev–Trinajstić information content (AvgIpc) is 2.64. The van der Waals surface area contributed by atoms with Crippen LogP contribution in [0, 0.1) is 6.92 Å². The van der Waals surface area contributed by atoms with Gasteiger partial charge in [0.25, 0.3) is 0 Å². The summed E-state index contributed by atoms with van der Waals surface area (Å²) >= 11 is 1.76. The number of thiazole rings is 1. The number of aromatic nitrogens is 1. The Morgan fingerprint density at radius 1 is 1.60 bits per heavy atom. The number of hydrogen-bond acceptors (Lipinski definition) is 4. The predicted molar refractivity (Wildman–Crippen MR) is 64.4 cm³/mol. The molecule has 1 aromatic heterocycles. The third kappa shape index (κ3) is 4.73. The topological polar surface area (TPSA) is 34.1 Å². The first-order valence-corrected chi connectivity index (χ1v) is 6.29. The van der Waals surface area contributed by atoms with E-state index in [2.05, 4.69) is 24.1 Å².